The smallest absolute Gasteiger partial charge is 0.123 e. The molecule has 2 nitrogen and oxygen atoms in total. The third-order valence-electron chi connectivity index (χ3n) is 4.77. The molecule has 1 aromatic rings. The molecule has 0 heterocycles. The topological polar surface area (TPSA) is 21.3 Å². The van der Waals surface area contributed by atoms with E-state index >= 15 is 0 Å². The van der Waals surface area contributed by atoms with Crippen LogP contribution in [-0.4, -0.2) is 13.7 Å². The number of hydrogen-bond donors (Lipinski definition) is 1. The maximum absolute atomic E-state index is 5.60. The highest BCUT2D eigenvalue weighted by molar-refractivity contribution is 5.39. The summed E-state index contributed by atoms with van der Waals surface area (Å²) in [6, 6.07) is 6.98. The molecule has 0 bridgehead atoms. The van der Waals surface area contributed by atoms with Crippen molar-refractivity contribution in [3.63, 3.8) is 0 Å². The molecule has 0 radical (unpaired) electrons. The average molecular weight is 275 g/mol. The summed E-state index contributed by atoms with van der Waals surface area (Å²) in [7, 11) is 1.78. The van der Waals surface area contributed by atoms with E-state index < -0.39 is 0 Å². The molecule has 0 amide bonds. The second kappa shape index (κ2) is 7.12. The zero-order valence-corrected chi connectivity index (χ0v) is 13.4. The highest BCUT2D eigenvalue weighted by Gasteiger charge is 2.31. The molecule has 1 aliphatic rings. The normalized spacial score (nSPS) is 23.8. The Bertz CT molecular complexity index is 429. The van der Waals surface area contributed by atoms with Crippen LogP contribution in [0.3, 0.4) is 0 Å². The Labute approximate surface area is 123 Å². The predicted molar refractivity (Wildman–Crippen MR) is 85.3 cm³/mol. The number of benzene rings is 1. The molecular formula is C18H29NO. The molecule has 3 unspecified atom stereocenters. The molecule has 0 spiro atoms. The molecule has 2 rings (SSSR count). The van der Waals surface area contributed by atoms with E-state index in [2.05, 4.69) is 44.3 Å². The minimum absolute atomic E-state index is 0.436. The van der Waals surface area contributed by atoms with Crippen molar-refractivity contribution in [2.45, 2.75) is 52.5 Å². The largest absolute Gasteiger partial charge is 0.496 e. The summed E-state index contributed by atoms with van der Waals surface area (Å²) in [5, 5.41) is 3.71. The molecule has 0 aliphatic heterocycles. The van der Waals surface area contributed by atoms with Crippen LogP contribution in [0.4, 0.5) is 0 Å². The molecule has 1 saturated carbocycles. The first-order chi connectivity index (χ1) is 9.69. The van der Waals surface area contributed by atoms with Crippen molar-refractivity contribution in [3.8, 4) is 5.75 Å². The number of nitrogens with one attached hydrogen (secondary N) is 1. The van der Waals surface area contributed by atoms with E-state index in [-0.39, 0.29) is 0 Å². The Kier molecular flexibility index (Phi) is 5.47. The average Bonchev–Trinajstić information content (AvgIpc) is 2.93. The summed E-state index contributed by atoms with van der Waals surface area (Å²) < 4.78 is 5.60. The van der Waals surface area contributed by atoms with Crippen LogP contribution in [0.1, 0.15) is 56.7 Å². The molecule has 1 N–H and O–H groups in total. The molecule has 112 valence electrons. The van der Waals surface area contributed by atoms with Gasteiger partial charge in [0.2, 0.25) is 0 Å². The Morgan fingerprint density at radius 1 is 1.30 bits per heavy atom. The maximum atomic E-state index is 5.60. The van der Waals surface area contributed by atoms with Crippen molar-refractivity contribution < 1.29 is 4.74 Å². The molecule has 0 saturated heterocycles. The molecule has 1 aliphatic carbocycles. The van der Waals surface area contributed by atoms with Gasteiger partial charge in [0.15, 0.2) is 0 Å². The van der Waals surface area contributed by atoms with Crippen molar-refractivity contribution >= 4 is 0 Å². The number of ether oxygens (including phenoxy) is 1. The zero-order valence-electron chi connectivity index (χ0n) is 13.4. The molecule has 2 heteroatoms. The van der Waals surface area contributed by atoms with E-state index in [0.717, 1.165) is 24.1 Å². The van der Waals surface area contributed by atoms with Gasteiger partial charge in [-0.1, -0.05) is 44.4 Å². The summed E-state index contributed by atoms with van der Waals surface area (Å²) in [4.78, 5) is 0. The van der Waals surface area contributed by atoms with Crippen molar-refractivity contribution in [3.05, 3.63) is 29.3 Å². The maximum Gasteiger partial charge on any atom is 0.123 e. The van der Waals surface area contributed by atoms with Gasteiger partial charge in [-0.2, -0.15) is 0 Å². The summed E-state index contributed by atoms with van der Waals surface area (Å²) in [6.07, 6.45) is 5.40. The van der Waals surface area contributed by atoms with Gasteiger partial charge in [0.05, 0.1) is 7.11 Å². The predicted octanol–water partition coefficient (Wildman–Crippen LogP) is 4.48. The Hall–Kier alpha value is -1.02. The monoisotopic (exact) mass is 275 g/mol. The van der Waals surface area contributed by atoms with Gasteiger partial charge in [-0.3, -0.25) is 0 Å². The minimum atomic E-state index is 0.436. The Balaban J connectivity index is 2.26. The molecule has 1 fully saturated rings. The lowest BCUT2D eigenvalue weighted by Crippen LogP contribution is -2.27. The van der Waals surface area contributed by atoms with E-state index in [4.69, 9.17) is 4.74 Å². The second-order valence-electron chi connectivity index (χ2n) is 6.13. The zero-order chi connectivity index (χ0) is 14.5. The van der Waals surface area contributed by atoms with Crippen LogP contribution >= 0.6 is 0 Å². The number of methoxy groups -OCH3 is 1. The Morgan fingerprint density at radius 2 is 2.10 bits per heavy atom. The third-order valence-corrected chi connectivity index (χ3v) is 4.77. The van der Waals surface area contributed by atoms with Gasteiger partial charge < -0.3 is 10.1 Å². The van der Waals surface area contributed by atoms with Crippen LogP contribution < -0.4 is 10.1 Å². The number of rotatable bonds is 6. The summed E-state index contributed by atoms with van der Waals surface area (Å²) in [5.41, 5.74) is 2.66. The van der Waals surface area contributed by atoms with Crippen molar-refractivity contribution in [2.75, 3.05) is 13.7 Å². The van der Waals surface area contributed by atoms with E-state index in [1.807, 2.05) is 0 Å². The van der Waals surface area contributed by atoms with E-state index in [1.165, 1.54) is 36.8 Å². The third kappa shape index (κ3) is 3.35. The second-order valence-corrected chi connectivity index (χ2v) is 6.13. The quantitative estimate of drug-likeness (QED) is 0.826. The van der Waals surface area contributed by atoms with Gasteiger partial charge in [-0.25, -0.2) is 0 Å². The van der Waals surface area contributed by atoms with Crippen molar-refractivity contribution in [1.29, 1.82) is 0 Å². The highest BCUT2D eigenvalue weighted by Crippen LogP contribution is 2.42. The lowest BCUT2D eigenvalue weighted by Gasteiger charge is -2.27. The molecule has 20 heavy (non-hydrogen) atoms. The standard InChI is InChI=1S/C18H29NO/c1-5-14-8-9-15(12-14)18(19-6-2)16-11-13(3)7-10-17(16)20-4/h7,10-11,14-15,18-19H,5-6,8-9,12H2,1-4H3. The Morgan fingerprint density at radius 3 is 2.70 bits per heavy atom. The fourth-order valence-corrected chi connectivity index (χ4v) is 3.63. The van der Waals surface area contributed by atoms with Crippen molar-refractivity contribution in [1.82, 2.24) is 5.32 Å². The van der Waals surface area contributed by atoms with Gasteiger partial charge in [0.25, 0.3) is 0 Å². The first-order valence-electron chi connectivity index (χ1n) is 8.07. The van der Waals surface area contributed by atoms with Crippen LogP contribution in [-0.2, 0) is 0 Å². The number of hydrogen-bond acceptors (Lipinski definition) is 2. The molecule has 0 aromatic heterocycles. The van der Waals surface area contributed by atoms with Crippen LogP contribution in [0.15, 0.2) is 18.2 Å². The highest BCUT2D eigenvalue weighted by atomic mass is 16.5. The van der Waals surface area contributed by atoms with Gasteiger partial charge in [0, 0.05) is 11.6 Å². The van der Waals surface area contributed by atoms with Crippen LogP contribution in [0.5, 0.6) is 5.75 Å². The van der Waals surface area contributed by atoms with Gasteiger partial charge >= 0.3 is 0 Å². The van der Waals surface area contributed by atoms with E-state index in [9.17, 15) is 0 Å². The summed E-state index contributed by atoms with van der Waals surface area (Å²) >= 11 is 0. The van der Waals surface area contributed by atoms with E-state index in [0.29, 0.717) is 6.04 Å². The summed E-state index contributed by atoms with van der Waals surface area (Å²) in [5.74, 6) is 2.69. The van der Waals surface area contributed by atoms with Crippen LogP contribution in [0.25, 0.3) is 0 Å². The minimum Gasteiger partial charge on any atom is -0.496 e. The van der Waals surface area contributed by atoms with Gasteiger partial charge in [-0.15, -0.1) is 0 Å². The fourth-order valence-electron chi connectivity index (χ4n) is 3.63. The molecule has 3 atom stereocenters. The van der Waals surface area contributed by atoms with Crippen molar-refractivity contribution in [2.24, 2.45) is 11.8 Å². The lowest BCUT2D eigenvalue weighted by atomic mass is 9.89. The fraction of sp³-hybridized carbons (Fsp3) is 0.667. The first kappa shape index (κ1) is 15.4. The number of aryl methyl sites for hydroxylation is 1. The lowest BCUT2D eigenvalue weighted by molar-refractivity contribution is 0.339. The van der Waals surface area contributed by atoms with E-state index in [1.54, 1.807) is 7.11 Å². The van der Waals surface area contributed by atoms with Gasteiger partial charge in [-0.05, 0) is 44.2 Å². The van der Waals surface area contributed by atoms with Crippen LogP contribution in [0, 0.1) is 18.8 Å². The van der Waals surface area contributed by atoms with Crippen LogP contribution in [0.2, 0.25) is 0 Å². The molecule has 1 aromatic carbocycles. The summed E-state index contributed by atoms with van der Waals surface area (Å²) in [6.45, 7) is 7.69. The SMILES string of the molecule is CCNC(c1cc(C)ccc1OC)C1CCC(CC)C1. The first-order valence-corrected chi connectivity index (χ1v) is 8.07. The van der Waals surface area contributed by atoms with Gasteiger partial charge in [0.1, 0.15) is 5.75 Å². The molecular weight excluding hydrogens is 246 g/mol.